The van der Waals surface area contributed by atoms with Crippen molar-refractivity contribution in [3.8, 4) is 5.75 Å². The third-order valence-corrected chi connectivity index (χ3v) is 2.33. The number of hydrogen-bond acceptors (Lipinski definition) is 3. The number of hydrogen-bond donors (Lipinski definition) is 1. The maximum absolute atomic E-state index is 12.8. The molecular weight excluding hydrogens is 256 g/mol. The van der Waals surface area contributed by atoms with E-state index in [-0.39, 0.29) is 22.9 Å². The molecule has 0 fully saturated rings. The number of rotatable bonds is 5. The Kier molecular flexibility index (Phi) is 4.62. The first-order valence-electron chi connectivity index (χ1n) is 4.62. The molecule has 0 bridgehead atoms. The smallest absolute Gasteiger partial charge is 0.308 e. The third kappa shape index (κ3) is 3.26. The van der Waals surface area contributed by atoms with E-state index in [0.717, 1.165) is 0 Å². The number of carbonyl (C=O) groups is 1. The van der Waals surface area contributed by atoms with Gasteiger partial charge in [-0.15, -0.1) is 11.6 Å². The van der Waals surface area contributed by atoms with E-state index in [4.69, 9.17) is 21.4 Å². The van der Waals surface area contributed by atoms with Gasteiger partial charge in [0.25, 0.3) is 6.43 Å². The zero-order chi connectivity index (χ0) is 13.0. The van der Waals surface area contributed by atoms with Crippen molar-refractivity contribution in [1.29, 1.82) is 0 Å². The summed E-state index contributed by atoms with van der Waals surface area (Å²) < 4.78 is 30.4. The highest BCUT2D eigenvalue weighted by molar-refractivity contribution is 6.16. The minimum absolute atomic E-state index is 0.0522. The zero-order valence-corrected chi connectivity index (χ0v) is 9.67. The van der Waals surface area contributed by atoms with Crippen LogP contribution in [-0.4, -0.2) is 23.2 Å². The molecule has 17 heavy (non-hydrogen) atoms. The van der Waals surface area contributed by atoms with Gasteiger partial charge in [-0.25, -0.2) is 8.78 Å². The van der Waals surface area contributed by atoms with Gasteiger partial charge in [-0.05, 0) is 0 Å². The molecule has 0 aliphatic heterocycles. The lowest BCUT2D eigenvalue weighted by Crippen LogP contribution is -2.09. The van der Waals surface area contributed by atoms with Crippen molar-refractivity contribution in [2.75, 3.05) is 7.11 Å². The van der Waals surface area contributed by atoms with E-state index in [1.54, 1.807) is 0 Å². The monoisotopic (exact) mass is 265 g/mol. The molecule has 1 heterocycles. The molecule has 0 radical (unpaired) electrons. The Labute approximate surface area is 101 Å². The molecule has 0 amide bonds. The number of halogens is 3. The number of aliphatic carboxylic acids is 1. The van der Waals surface area contributed by atoms with Crippen molar-refractivity contribution in [3.05, 3.63) is 23.0 Å². The summed E-state index contributed by atoms with van der Waals surface area (Å²) in [5.74, 6) is -1.22. The minimum atomic E-state index is -2.87. The van der Waals surface area contributed by atoms with Crippen LogP contribution in [0, 0.1) is 0 Å². The molecule has 0 saturated heterocycles. The number of pyridine rings is 1. The third-order valence-electron chi connectivity index (χ3n) is 2.06. The molecule has 0 aliphatic carbocycles. The number of carboxylic acids is 1. The summed E-state index contributed by atoms with van der Waals surface area (Å²) in [5, 5.41) is 8.67. The average molecular weight is 266 g/mol. The van der Waals surface area contributed by atoms with Crippen molar-refractivity contribution in [3.63, 3.8) is 0 Å². The van der Waals surface area contributed by atoms with Gasteiger partial charge < -0.3 is 9.84 Å². The number of ether oxygens (including phenoxy) is 1. The number of nitrogens with zero attached hydrogens (tertiary/aromatic N) is 1. The van der Waals surface area contributed by atoms with Crippen LogP contribution in [0.15, 0.2) is 6.07 Å². The lowest BCUT2D eigenvalue weighted by molar-refractivity contribution is -0.136. The van der Waals surface area contributed by atoms with Gasteiger partial charge in [0.05, 0.1) is 25.1 Å². The highest BCUT2D eigenvalue weighted by atomic mass is 35.5. The topological polar surface area (TPSA) is 59.4 Å². The fraction of sp³-hybridized carbons (Fsp3) is 0.400. The van der Waals surface area contributed by atoms with E-state index in [2.05, 4.69) is 4.98 Å². The molecule has 0 saturated carbocycles. The second-order valence-corrected chi connectivity index (χ2v) is 3.45. The summed E-state index contributed by atoms with van der Waals surface area (Å²) in [7, 11) is 1.27. The molecular formula is C10H10ClF2NO3. The largest absolute Gasteiger partial charge is 0.496 e. The highest BCUT2D eigenvalue weighted by Crippen LogP contribution is 2.30. The SMILES string of the molecule is COc1cc(CCl)nc(C(F)F)c1CC(=O)O. The molecule has 4 nitrogen and oxygen atoms in total. The van der Waals surface area contributed by atoms with Crippen molar-refractivity contribution < 1.29 is 23.4 Å². The van der Waals surface area contributed by atoms with Gasteiger partial charge in [0.1, 0.15) is 11.4 Å². The van der Waals surface area contributed by atoms with Gasteiger partial charge in [-0.3, -0.25) is 9.78 Å². The lowest BCUT2D eigenvalue weighted by Gasteiger charge is -2.12. The van der Waals surface area contributed by atoms with Crippen LogP contribution in [-0.2, 0) is 17.1 Å². The summed E-state index contributed by atoms with van der Waals surface area (Å²) in [6, 6.07) is 1.36. The van der Waals surface area contributed by atoms with Crippen LogP contribution < -0.4 is 4.74 Å². The molecule has 1 aromatic rings. The van der Waals surface area contributed by atoms with E-state index in [1.807, 2.05) is 0 Å². The first kappa shape index (κ1) is 13.6. The molecule has 0 unspecified atom stereocenters. The Morgan fingerprint density at radius 3 is 2.71 bits per heavy atom. The Morgan fingerprint density at radius 2 is 2.29 bits per heavy atom. The fourth-order valence-corrected chi connectivity index (χ4v) is 1.52. The quantitative estimate of drug-likeness (QED) is 0.831. The Hall–Kier alpha value is -1.43. The molecule has 1 aromatic heterocycles. The zero-order valence-electron chi connectivity index (χ0n) is 8.91. The summed E-state index contributed by atoms with van der Waals surface area (Å²) in [6.45, 7) is 0. The Morgan fingerprint density at radius 1 is 1.65 bits per heavy atom. The maximum atomic E-state index is 12.8. The van der Waals surface area contributed by atoms with Crippen molar-refractivity contribution in [2.45, 2.75) is 18.7 Å². The van der Waals surface area contributed by atoms with Gasteiger partial charge in [0.2, 0.25) is 0 Å². The van der Waals surface area contributed by atoms with Gasteiger partial charge in [-0.1, -0.05) is 0 Å². The van der Waals surface area contributed by atoms with Crippen LogP contribution in [0.25, 0.3) is 0 Å². The van der Waals surface area contributed by atoms with Crippen LogP contribution in [0.3, 0.4) is 0 Å². The summed E-state index contributed by atoms with van der Waals surface area (Å²) in [6.07, 6.45) is -3.44. The van der Waals surface area contributed by atoms with E-state index < -0.39 is 24.5 Å². The second kappa shape index (κ2) is 5.77. The molecule has 94 valence electrons. The van der Waals surface area contributed by atoms with Gasteiger partial charge in [0, 0.05) is 11.6 Å². The van der Waals surface area contributed by atoms with Gasteiger partial charge >= 0.3 is 5.97 Å². The lowest BCUT2D eigenvalue weighted by atomic mass is 10.1. The standard InChI is InChI=1S/C10H10ClF2NO3/c1-17-7-2-5(4-11)14-9(10(12)13)6(7)3-8(15)16/h2,10H,3-4H2,1H3,(H,15,16). The first-order chi connectivity index (χ1) is 7.99. The van der Waals surface area contributed by atoms with E-state index in [9.17, 15) is 13.6 Å². The van der Waals surface area contributed by atoms with Crippen LogP contribution in [0.5, 0.6) is 5.75 Å². The van der Waals surface area contributed by atoms with E-state index in [0.29, 0.717) is 0 Å². The number of aromatic nitrogens is 1. The molecule has 1 rings (SSSR count). The molecule has 7 heteroatoms. The van der Waals surface area contributed by atoms with Crippen LogP contribution in [0.2, 0.25) is 0 Å². The first-order valence-corrected chi connectivity index (χ1v) is 5.15. The van der Waals surface area contributed by atoms with Crippen molar-refractivity contribution in [2.24, 2.45) is 0 Å². The summed E-state index contributed by atoms with van der Waals surface area (Å²) in [4.78, 5) is 14.2. The molecule has 0 atom stereocenters. The molecule has 0 aromatic carbocycles. The fourth-order valence-electron chi connectivity index (χ4n) is 1.38. The molecule has 0 spiro atoms. The summed E-state index contributed by atoms with van der Waals surface area (Å²) in [5.41, 5.74) is -0.501. The van der Waals surface area contributed by atoms with Crippen LogP contribution in [0.4, 0.5) is 8.78 Å². The number of carboxylic acid groups (broad SMARTS) is 1. The Bertz CT molecular complexity index is 426. The number of methoxy groups -OCH3 is 1. The second-order valence-electron chi connectivity index (χ2n) is 3.18. The van der Waals surface area contributed by atoms with Crippen molar-refractivity contribution in [1.82, 2.24) is 4.98 Å². The minimum Gasteiger partial charge on any atom is -0.496 e. The van der Waals surface area contributed by atoms with Crippen LogP contribution in [0.1, 0.15) is 23.4 Å². The van der Waals surface area contributed by atoms with Gasteiger partial charge in [-0.2, -0.15) is 0 Å². The molecule has 0 aliphatic rings. The molecule has 1 N–H and O–H groups in total. The average Bonchev–Trinajstić information content (AvgIpc) is 2.28. The van der Waals surface area contributed by atoms with Crippen molar-refractivity contribution >= 4 is 17.6 Å². The van der Waals surface area contributed by atoms with E-state index >= 15 is 0 Å². The highest BCUT2D eigenvalue weighted by Gasteiger charge is 2.22. The number of alkyl halides is 3. The predicted molar refractivity (Wildman–Crippen MR) is 56.6 cm³/mol. The maximum Gasteiger partial charge on any atom is 0.308 e. The Balaban J connectivity index is 3.35. The normalized spacial score (nSPS) is 10.6. The van der Waals surface area contributed by atoms with Crippen LogP contribution >= 0.6 is 11.6 Å². The predicted octanol–water partition coefficient (Wildman–Crippen LogP) is 2.39. The van der Waals surface area contributed by atoms with Gasteiger partial charge in [0.15, 0.2) is 0 Å². The summed E-state index contributed by atoms with van der Waals surface area (Å²) >= 11 is 5.51. The van der Waals surface area contributed by atoms with E-state index in [1.165, 1.54) is 13.2 Å².